The summed E-state index contributed by atoms with van der Waals surface area (Å²) in [4.78, 5) is 21.5. The fraction of sp³-hybridized carbons (Fsp3) is 0. The molecule has 0 aromatic heterocycles. The molecule has 0 saturated carbocycles. The van der Waals surface area contributed by atoms with Gasteiger partial charge in [0.15, 0.2) is 7.85 Å². The van der Waals surface area contributed by atoms with E-state index in [0.29, 0.717) is 0 Å². The molecule has 0 spiro atoms. The summed E-state index contributed by atoms with van der Waals surface area (Å²) in [6, 6.07) is 0. The molecule has 0 aromatic carbocycles. The van der Waals surface area contributed by atoms with Crippen molar-refractivity contribution in [3.63, 3.8) is 0 Å². The van der Waals surface area contributed by atoms with E-state index in [4.69, 9.17) is 13.6 Å². The van der Waals surface area contributed by atoms with Crippen LogP contribution in [0.2, 0.25) is 0 Å². The molecule has 0 fully saturated rings. The summed E-state index contributed by atoms with van der Waals surface area (Å²) in [5, 5.41) is 0. The van der Waals surface area contributed by atoms with E-state index in [1.165, 1.54) is 24.3 Å². The second-order valence-corrected chi connectivity index (χ2v) is 2.37. The smallest absolute Gasteiger partial charge is 0.409 e. The summed E-state index contributed by atoms with van der Waals surface area (Å²) in [6.45, 7) is 6.79. The zero-order chi connectivity index (χ0) is 11.8. The second kappa shape index (κ2) is 6.42. The molecule has 0 aliphatic heterocycles. The van der Waals surface area contributed by atoms with Crippen molar-refractivity contribution in [1.82, 2.24) is 0 Å². The van der Waals surface area contributed by atoms with Gasteiger partial charge in [-0.25, -0.2) is 4.79 Å². The maximum absolute atomic E-state index is 11.0. The number of hydrogen-bond donors (Lipinski definition) is 1. The predicted molar refractivity (Wildman–Crippen MR) is 58.0 cm³/mol. The number of carbonyl (C=O) groups is 2. The SMILES string of the molecule is [B]C(=O)C(=C/C=C)/C(=C\C=C)OC(N)=O. The van der Waals surface area contributed by atoms with Gasteiger partial charge in [-0.05, 0) is 12.2 Å². The summed E-state index contributed by atoms with van der Waals surface area (Å²) in [6.07, 6.45) is 4.23. The van der Waals surface area contributed by atoms with Crippen LogP contribution in [0.1, 0.15) is 0 Å². The van der Waals surface area contributed by atoms with Crippen LogP contribution in [0.25, 0.3) is 0 Å². The minimum Gasteiger partial charge on any atom is -0.410 e. The highest BCUT2D eigenvalue weighted by atomic mass is 16.5. The first-order valence-electron chi connectivity index (χ1n) is 3.95. The summed E-state index contributed by atoms with van der Waals surface area (Å²) >= 11 is 0. The van der Waals surface area contributed by atoms with E-state index in [2.05, 4.69) is 17.9 Å². The molecular formula is C10H10BNO3. The van der Waals surface area contributed by atoms with E-state index in [-0.39, 0.29) is 11.3 Å². The Hall–Kier alpha value is -2.04. The molecule has 76 valence electrons. The lowest BCUT2D eigenvalue weighted by molar-refractivity contribution is -0.108. The number of nitrogens with two attached hydrogens (primary N) is 1. The van der Waals surface area contributed by atoms with Gasteiger partial charge < -0.3 is 15.3 Å². The van der Waals surface area contributed by atoms with Gasteiger partial charge in [-0.15, -0.1) is 0 Å². The van der Waals surface area contributed by atoms with Crippen LogP contribution in [0.15, 0.2) is 48.8 Å². The highest BCUT2D eigenvalue weighted by Gasteiger charge is 2.12. The van der Waals surface area contributed by atoms with Gasteiger partial charge in [0, 0.05) is 5.57 Å². The molecule has 2 radical (unpaired) electrons. The Morgan fingerprint density at radius 1 is 1.20 bits per heavy atom. The maximum Gasteiger partial charge on any atom is 0.409 e. The van der Waals surface area contributed by atoms with Crippen LogP contribution in [0.3, 0.4) is 0 Å². The first-order valence-corrected chi connectivity index (χ1v) is 3.95. The molecule has 0 atom stereocenters. The molecule has 0 aliphatic carbocycles. The zero-order valence-corrected chi connectivity index (χ0v) is 8.10. The Morgan fingerprint density at radius 2 is 1.73 bits per heavy atom. The van der Waals surface area contributed by atoms with Crippen molar-refractivity contribution in [1.29, 1.82) is 0 Å². The molecule has 5 heteroatoms. The fourth-order valence-electron chi connectivity index (χ4n) is 0.798. The van der Waals surface area contributed by atoms with Crippen LogP contribution < -0.4 is 5.73 Å². The van der Waals surface area contributed by atoms with E-state index in [9.17, 15) is 9.59 Å². The predicted octanol–water partition coefficient (Wildman–Crippen LogP) is 0.959. The molecule has 0 heterocycles. The Balaban J connectivity index is 5.19. The lowest BCUT2D eigenvalue weighted by Crippen LogP contribution is -2.16. The molecule has 0 rings (SSSR count). The first kappa shape index (κ1) is 13.0. The van der Waals surface area contributed by atoms with Crippen LogP contribution >= 0.6 is 0 Å². The van der Waals surface area contributed by atoms with Crippen LogP contribution in [0.4, 0.5) is 4.79 Å². The summed E-state index contributed by atoms with van der Waals surface area (Å²) in [5.74, 6) is -0.0649. The molecule has 4 nitrogen and oxygen atoms in total. The van der Waals surface area contributed by atoms with Gasteiger partial charge >= 0.3 is 6.09 Å². The number of primary amides is 1. The average Bonchev–Trinajstić information content (AvgIpc) is 2.12. The Labute approximate surface area is 89.2 Å². The van der Waals surface area contributed by atoms with Crippen molar-refractivity contribution in [3.05, 3.63) is 48.8 Å². The first-order chi connectivity index (χ1) is 7.02. The highest BCUT2D eigenvalue weighted by molar-refractivity contribution is 6.62. The minimum absolute atomic E-state index is 0.0105. The standard InChI is InChI=1S/C10H10BNO3/c1-3-5-7(9(11)13)8(6-4-2)15-10(12)14/h3-6H,1-2H2,(H2,12,14)/b7-5+,8-6+. The number of carbonyl (C=O) groups excluding carboxylic acids is 2. The molecule has 15 heavy (non-hydrogen) atoms. The van der Waals surface area contributed by atoms with Crippen LogP contribution in [0, 0.1) is 0 Å². The average molecular weight is 203 g/mol. The number of amides is 1. The molecule has 2 N–H and O–H groups in total. The fourth-order valence-corrected chi connectivity index (χ4v) is 0.798. The summed E-state index contributed by atoms with van der Waals surface area (Å²) in [7, 11) is 5.07. The molecule has 0 unspecified atom stereocenters. The van der Waals surface area contributed by atoms with E-state index in [1.54, 1.807) is 0 Å². The van der Waals surface area contributed by atoms with Gasteiger partial charge in [0.05, 0.1) is 0 Å². The van der Waals surface area contributed by atoms with Crippen molar-refractivity contribution in [3.8, 4) is 0 Å². The molecule has 0 aliphatic rings. The lowest BCUT2D eigenvalue weighted by atomic mass is 9.92. The summed E-state index contributed by atoms with van der Waals surface area (Å²) in [5.41, 5.74) is 4.05. The quantitative estimate of drug-likeness (QED) is 0.313. The third-order valence-corrected chi connectivity index (χ3v) is 1.30. The van der Waals surface area contributed by atoms with E-state index >= 15 is 0 Å². The lowest BCUT2D eigenvalue weighted by Gasteiger charge is -2.07. The van der Waals surface area contributed by atoms with Gasteiger partial charge in [0.1, 0.15) is 11.4 Å². The molecule has 0 aromatic rings. The Morgan fingerprint density at radius 3 is 2.07 bits per heavy atom. The van der Waals surface area contributed by atoms with E-state index < -0.39 is 11.8 Å². The van der Waals surface area contributed by atoms with Gasteiger partial charge in [-0.1, -0.05) is 25.3 Å². The third kappa shape index (κ3) is 4.66. The third-order valence-electron chi connectivity index (χ3n) is 1.30. The van der Waals surface area contributed by atoms with Gasteiger partial charge in [-0.2, -0.15) is 0 Å². The van der Waals surface area contributed by atoms with E-state index in [1.807, 2.05) is 0 Å². The van der Waals surface area contributed by atoms with Gasteiger partial charge in [0.2, 0.25) is 0 Å². The molecule has 1 amide bonds. The number of rotatable bonds is 5. The number of allylic oxidation sites excluding steroid dienone is 5. The van der Waals surface area contributed by atoms with Gasteiger partial charge in [-0.3, -0.25) is 0 Å². The largest absolute Gasteiger partial charge is 0.410 e. The Kier molecular flexibility index (Phi) is 5.55. The number of hydrogen-bond acceptors (Lipinski definition) is 3. The zero-order valence-electron chi connectivity index (χ0n) is 8.10. The second-order valence-electron chi connectivity index (χ2n) is 2.37. The van der Waals surface area contributed by atoms with E-state index in [0.717, 1.165) is 0 Å². The topological polar surface area (TPSA) is 69.4 Å². The maximum atomic E-state index is 11.0. The molecule has 0 saturated heterocycles. The van der Waals surface area contributed by atoms with Crippen molar-refractivity contribution in [2.45, 2.75) is 0 Å². The van der Waals surface area contributed by atoms with Crippen LogP contribution in [-0.4, -0.2) is 19.6 Å². The number of ether oxygens (including phenoxy) is 1. The summed E-state index contributed by atoms with van der Waals surface area (Å²) < 4.78 is 4.58. The molecular weight excluding hydrogens is 193 g/mol. The van der Waals surface area contributed by atoms with Crippen molar-refractivity contribution in [2.75, 3.05) is 0 Å². The highest BCUT2D eigenvalue weighted by Crippen LogP contribution is 2.12. The Bertz CT molecular complexity index is 356. The van der Waals surface area contributed by atoms with Gasteiger partial charge in [0.25, 0.3) is 0 Å². The van der Waals surface area contributed by atoms with Crippen molar-refractivity contribution in [2.24, 2.45) is 5.73 Å². The van der Waals surface area contributed by atoms with Crippen LogP contribution in [-0.2, 0) is 9.53 Å². The van der Waals surface area contributed by atoms with Crippen molar-refractivity contribution < 1.29 is 14.3 Å². The molecule has 0 bridgehead atoms. The monoisotopic (exact) mass is 203 g/mol. The van der Waals surface area contributed by atoms with Crippen LogP contribution in [0.5, 0.6) is 0 Å². The normalized spacial score (nSPS) is 11.7. The minimum atomic E-state index is -1.04. The van der Waals surface area contributed by atoms with Crippen molar-refractivity contribution >= 4 is 19.6 Å².